The molecule has 0 radical (unpaired) electrons. The second kappa shape index (κ2) is 9.40. The summed E-state index contributed by atoms with van der Waals surface area (Å²) in [5.41, 5.74) is 7.59. The molecule has 2 aliphatic carbocycles. The van der Waals surface area contributed by atoms with Gasteiger partial charge in [0.15, 0.2) is 0 Å². The SMILES string of the molecule is C1=CC[C]([Zr+2]([CH2]c2ccccc2)[CH]2c3ccccc3-c3ccccc32)=C1.[Cl-].[Cl-]. The van der Waals surface area contributed by atoms with Crippen molar-refractivity contribution < 1.29 is 46.6 Å². The summed E-state index contributed by atoms with van der Waals surface area (Å²) in [7, 11) is 0. The maximum Gasteiger partial charge on any atom is -1.00 e. The molecule has 0 unspecified atom stereocenters. The Bertz CT molecular complexity index is 962. The van der Waals surface area contributed by atoms with Gasteiger partial charge in [0, 0.05) is 0 Å². The van der Waals surface area contributed by atoms with Gasteiger partial charge in [-0.05, 0) is 0 Å². The molecule has 0 aliphatic heterocycles. The minimum absolute atomic E-state index is 0. The first kappa shape index (κ1) is 21.3. The van der Waals surface area contributed by atoms with Crippen molar-refractivity contribution in [2.75, 3.05) is 0 Å². The molecule has 139 valence electrons. The first-order valence-electron chi connectivity index (χ1n) is 9.36. The third-order valence-corrected chi connectivity index (χ3v) is 13.7. The van der Waals surface area contributed by atoms with E-state index < -0.39 is 21.8 Å². The van der Waals surface area contributed by atoms with Gasteiger partial charge in [-0.15, -0.1) is 0 Å². The normalized spacial score (nSPS) is 13.8. The van der Waals surface area contributed by atoms with Crippen LogP contribution in [0.15, 0.2) is 100 Å². The molecule has 3 aromatic rings. The van der Waals surface area contributed by atoms with Crippen LogP contribution in [0.2, 0.25) is 0 Å². The summed E-state index contributed by atoms with van der Waals surface area (Å²) in [5.74, 6) is 0. The van der Waals surface area contributed by atoms with Crippen molar-refractivity contribution in [2.45, 2.75) is 14.2 Å². The molecule has 3 aromatic carbocycles. The largest absolute Gasteiger partial charge is 1.00 e. The molecule has 0 bridgehead atoms. The molecule has 0 spiro atoms. The van der Waals surface area contributed by atoms with E-state index >= 15 is 0 Å². The first-order valence-corrected chi connectivity index (χ1v) is 13.7. The number of benzene rings is 3. The molecule has 0 atom stereocenters. The summed E-state index contributed by atoms with van der Waals surface area (Å²) in [6.07, 6.45) is 8.21. The zero-order valence-corrected chi connectivity index (χ0v) is 19.5. The van der Waals surface area contributed by atoms with E-state index in [1.165, 1.54) is 27.2 Å². The summed E-state index contributed by atoms with van der Waals surface area (Å²) >= 11 is -1.96. The van der Waals surface area contributed by atoms with E-state index in [4.69, 9.17) is 0 Å². The molecule has 0 N–H and O–H groups in total. The van der Waals surface area contributed by atoms with E-state index in [0.717, 1.165) is 0 Å². The van der Waals surface area contributed by atoms with E-state index in [9.17, 15) is 0 Å². The van der Waals surface area contributed by atoms with Gasteiger partial charge in [-0.25, -0.2) is 0 Å². The molecule has 0 saturated carbocycles. The quantitative estimate of drug-likeness (QED) is 0.505. The summed E-state index contributed by atoms with van der Waals surface area (Å²) in [6, 6.07) is 29.4. The van der Waals surface area contributed by atoms with Gasteiger partial charge < -0.3 is 24.8 Å². The molecular weight excluding hydrogens is 462 g/mol. The molecule has 5 rings (SSSR count). The number of halogens is 2. The van der Waals surface area contributed by atoms with Crippen molar-refractivity contribution in [3.63, 3.8) is 0 Å². The Hall–Kier alpha value is -1.40. The molecule has 0 fully saturated rings. The number of hydrogen-bond acceptors (Lipinski definition) is 0. The van der Waals surface area contributed by atoms with Gasteiger partial charge in [-0.2, -0.15) is 0 Å². The van der Waals surface area contributed by atoms with Crippen molar-refractivity contribution in [2.24, 2.45) is 0 Å². The van der Waals surface area contributed by atoms with E-state index in [1.807, 2.05) is 0 Å². The average Bonchev–Trinajstić information content (AvgIpc) is 3.34. The molecule has 2 aliphatic rings. The Morgan fingerprint density at radius 3 is 1.86 bits per heavy atom. The maximum absolute atomic E-state index is 2.43. The smallest absolute Gasteiger partial charge is 1.00 e. The Balaban J connectivity index is 0.00000112. The minimum Gasteiger partial charge on any atom is -1.00 e. The van der Waals surface area contributed by atoms with Crippen molar-refractivity contribution >= 4 is 0 Å². The minimum atomic E-state index is -1.96. The third kappa shape index (κ3) is 3.86. The van der Waals surface area contributed by atoms with Gasteiger partial charge in [0.2, 0.25) is 0 Å². The van der Waals surface area contributed by atoms with Crippen LogP contribution in [-0.4, -0.2) is 0 Å². The number of hydrogen-bond donors (Lipinski definition) is 0. The van der Waals surface area contributed by atoms with E-state index in [2.05, 4.69) is 97.1 Å². The average molecular weight is 484 g/mol. The molecule has 0 saturated heterocycles. The molecule has 0 heterocycles. The monoisotopic (exact) mass is 481 g/mol. The molecule has 3 heteroatoms. The van der Waals surface area contributed by atoms with Crippen LogP contribution >= 0.6 is 0 Å². The van der Waals surface area contributed by atoms with Crippen molar-refractivity contribution in [3.8, 4) is 11.1 Å². The van der Waals surface area contributed by atoms with Crippen LogP contribution in [0.4, 0.5) is 0 Å². The van der Waals surface area contributed by atoms with Crippen LogP contribution in [0.25, 0.3) is 11.1 Å². The summed E-state index contributed by atoms with van der Waals surface area (Å²) in [4.78, 5) is 0. The van der Waals surface area contributed by atoms with Crippen LogP contribution < -0.4 is 24.8 Å². The summed E-state index contributed by atoms with van der Waals surface area (Å²) in [5, 5.41) is 0. The van der Waals surface area contributed by atoms with Gasteiger partial charge in [-0.3, -0.25) is 0 Å². The zero-order valence-electron chi connectivity index (χ0n) is 15.5. The third-order valence-electron chi connectivity index (χ3n) is 5.60. The maximum atomic E-state index is 2.43. The van der Waals surface area contributed by atoms with Crippen molar-refractivity contribution in [1.29, 1.82) is 0 Å². The van der Waals surface area contributed by atoms with Crippen LogP contribution in [0, 0.1) is 0 Å². The fourth-order valence-electron chi connectivity index (χ4n) is 4.43. The molecule has 28 heavy (non-hydrogen) atoms. The molecule has 0 aromatic heterocycles. The summed E-state index contributed by atoms with van der Waals surface area (Å²) < 4.78 is 3.67. The molecular formula is C25H21Cl2Zr. The van der Waals surface area contributed by atoms with Crippen LogP contribution in [0.5, 0.6) is 0 Å². The first-order chi connectivity index (χ1) is 12.9. The summed E-state index contributed by atoms with van der Waals surface area (Å²) in [6.45, 7) is 0. The second-order valence-corrected chi connectivity index (χ2v) is 13.6. The van der Waals surface area contributed by atoms with Crippen LogP contribution in [0.1, 0.15) is 26.7 Å². The van der Waals surface area contributed by atoms with Gasteiger partial charge in [0.25, 0.3) is 0 Å². The zero-order chi connectivity index (χ0) is 17.3. The van der Waals surface area contributed by atoms with Gasteiger partial charge >= 0.3 is 164 Å². The van der Waals surface area contributed by atoms with Gasteiger partial charge in [0.1, 0.15) is 0 Å². The number of rotatable bonds is 4. The van der Waals surface area contributed by atoms with Crippen molar-refractivity contribution in [3.05, 3.63) is 117 Å². The Labute approximate surface area is 187 Å². The van der Waals surface area contributed by atoms with Crippen LogP contribution in [0.3, 0.4) is 0 Å². The van der Waals surface area contributed by atoms with E-state index in [1.54, 1.807) is 14.4 Å². The van der Waals surface area contributed by atoms with Crippen LogP contribution in [-0.2, 0) is 25.9 Å². The predicted molar refractivity (Wildman–Crippen MR) is 106 cm³/mol. The standard InChI is InChI=1S/C13H9.C7H7.C5H5.2ClH.Zr/c1-3-7-12-10(5-1)9-11-6-2-4-8-13(11)12;1-7-5-3-2-4-6-7;1-2-4-5-3-1;;;/h1-9H;2-6H,1H2;1-3H,4H2;2*1H;/q;;;;;+2/p-2. The molecule has 0 amide bonds. The van der Waals surface area contributed by atoms with E-state index in [-0.39, 0.29) is 24.8 Å². The van der Waals surface area contributed by atoms with Gasteiger partial charge in [-0.1, -0.05) is 0 Å². The second-order valence-electron chi connectivity index (χ2n) is 7.12. The van der Waals surface area contributed by atoms with Gasteiger partial charge in [0.05, 0.1) is 0 Å². The predicted octanol–water partition coefficient (Wildman–Crippen LogP) is 0.427. The molecule has 0 nitrogen and oxygen atoms in total. The fraction of sp³-hybridized carbons (Fsp3) is 0.120. The topological polar surface area (TPSA) is 0 Å². The Morgan fingerprint density at radius 2 is 1.29 bits per heavy atom. The van der Waals surface area contributed by atoms with E-state index in [0.29, 0.717) is 3.63 Å². The number of fused-ring (bicyclic) bond motifs is 3. The Morgan fingerprint density at radius 1 is 0.714 bits per heavy atom. The fourth-order valence-corrected chi connectivity index (χ4v) is 12.8. The number of allylic oxidation sites excluding steroid dienone is 4. The Kier molecular flexibility index (Phi) is 7.16. The van der Waals surface area contributed by atoms with Crippen molar-refractivity contribution in [1.82, 2.24) is 0 Å².